The zero-order valence-electron chi connectivity index (χ0n) is 10.9. The maximum atomic E-state index is 9.15. The Kier molecular flexibility index (Phi) is 4.97. The van der Waals surface area contributed by atoms with E-state index in [9.17, 15) is 0 Å². The van der Waals surface area contributed by atoms with Crippen LogP contribution in [-0.2, 0) is 13.2 Å². The van der Waals surface area contributed by atoms with Crippen molar-refractivity contribution in [3.63, 3.8) is 0 Å². The Balaban J connectivity index is 1.99. The summed E-state index contributed by atoms with van der Waals surface area (Å²) in [5.41, 5.74) is 3.28. The zero-order valence-corrected chi connectivity index (χ0v) is 11.7. The predicted molar refractivity (Wildman–Crippen MR) is 79.1 cm³/mol. The molecule has 0 saturated heterocycles. The van der Waals surface area contributed by atoms with Crippen molar-refractivity contribution in [1.82, 2.24) is 5.32 Å². The normalized spacial score (nSPS) is 12.4. The van der Waals surface area contributed by atoms with Crippen LogP contribution in [-0.4, -0.2) is 5.11 Å². The predicted octanol–water partition coefficient (Wildman–Crippen LogP) is 3.68. The first-order valence-electron chi connectivity index (χ1n) is 6.36. The first kappa shape index (κ1) is 14.1. The van der Waals surface area contributed by atoms with Gasteiger partial charge in [-0.15, -0.1) is 0 Å². The standard InChI is InChI=1S/C16H18ClNO/c1-12(15-6-2-5-14(8-15)11-19)18-10-13-4-3-7-16(17)9-13/h2-9,12,18-19H,10-11H2,1H3. The van der Waals surface area contributed by atoms with E-state index in [1.807, 2.05) is 36.4 Å². The molecule has 0 bridgehead atoms. The highest BCUT2D eigenvalue weighted by molar-refractivity contribution is 6.30. The highest BCUT2D eigenvalue weighted by Gasteiger charge is 2.05. The van der Waals surface area contributed by atoms with Crippen LogP contribution in [0.4, 0.5) is 0 Å². The average molecular weight is 276 g/mol. The number of benzene rings is 2. The third-order valence-corrected chi connectivity index (χ3v) is 3.37. The number of nitrogens with one attached hydrogen (secondary N) is 1. The maximum absolute atomic E-state index is 9.15. The van der Waals surface area contributed by atoms with Crippen LogP contribution in [0.1, 0.15) is 29.7 Å². The molecule has 100 valence electrons. The van der Waals surface area contributed by atoms with Crippen LogP contribution in [0.25, 0.3) is 0 Å². The molecule has 0 aliphatic heterocycles. The summed E-state index contributed by atoms with van der Waals surface area (Å²) in [6.45, 7) is 2.96. The van der Waals surface area contributed by atoms with Crippen molar-refractivity contribution < 1.29 is 5.11 Å². The molecule has 0 fully saturated rings. The van der Waals surface area contributed by atoms with Gasteiger partial charge in [0.2, 0.25) is 0 Å². The van der Waals surface area contributed by atoms with Gasteiger partial charge in [-0.25, -0.2) is 0 Å². The van der Waals surface area contributed by atoms with Gasteiger partial charge in [-0.3, -0.25) is 0 Å². The quantitative estimate of drug-likeness (QED) is 0.872. The largest absolute Gasteiger partial charge is 0.392 e. The van der Waals surface area contributed by atoms with Crippen LogP contribution < -0.4 is 5.32 Å². The molecule has 0 aromatic heterocycles. The van der Waals surface area contributed by atoms with E-state index in [-0.39, 0.29) is 12.6 Å². The van der Waals surface area contributed by atoms with Gasteiger partial charge in [0.15, 0.2) is 0 Å². The van der Waals surface area contributed by atoms with Crippen molar-refractivity contribution in [3.8, 4) is 0 Å². The van der Waals surface area contributed by atoms with E-state index in [1.54, 1.807) is 0 Å². The highest BCUT2D eigenvalue weighted by atomic mass is 35.5. The number of hydrogen-bond donors (Lipinski definition) is 2. The third-order valence-electron chi connectivity index (χ3n) is 3.14. The molecule has 19 heavy (non-hydrogen) atoms. The third kappa shape index (κ3) is 4.06. The molecule has 2 rings (SSSR count). The first-order chi connectivity index (χ1) is 9.19. The van der Waals surface area contributed by atoms with Gasteiger partial charge in [-0.05, 0) is 35.7 Å². The smallest absolute Gasteiger partial charge is 0.0681 e. The topological polar surface area (TPSA) is 32.3 Å². The summed E-state index contributed by atoms with van der Waals surface area (Å²) in [5, 5.41) is 13.4. The van der Waals surface area contributed by atoms with E-state index < -0.39 is 0 Å². The molecule has 0 spiro atoms. The molecular weight excluding hydrogens is 258 g/mol. The van der Waals surface area contributed by atoms with Crippen LogP contribution in [0.5, 0.6) is 0 Å². The van der Waals surface area contributed by atoms with E-state index in [1.165, 1.54) is 5.56 Å². The number of hydrogen-bond acceptors (Lipinski definition) is 2. The second kappa shape index (κ2) is 6.71. The molecule has 0 heterocycles. The molecule has 2 nitrogen and oxygen atoms in total. The number of aliphatic hydroxyl groups excluding tert-OH is 1. The van der Waals surface area contributed by atoms with Crippen molar-refractivity contribution in [3.05, 3.63) is 70.2 Å². The summed E-state index contributed by atoms with van der Waals surface area (Å²) in [6, 6.07) is 16.1. The molecule has 3 heteroatoms. The van der Waals surface area contributed by atoms with Crippen molar-refractivity contribution in [2.45, 2.75) is 26.1 Å². The van der Waals surface area contributed by atoms with Gasteiger partial charge < -0.3 is 10.4 Å². The van der Waals surface area contributed by atoms with Gasteiger partial charge in [0.25, 0.3) is 0 Å². The Morgan fingerprint density at radius 3 is 2.58 bits per heavy atom. The zero-order chi connectivity index (χ0) is 13.7. The fourth-order valence-electron chi connectivity index (χ4n) is 2.00. The van der Waals surface area contributed by atoms with Crippen molar-refractivity contribution in [2.24, 2.45) is 0 Å². The summed E-state index contributed by atoms with van der Waals surface area (Å²) < 4.78 is 0. The molecular formula is C16H18ClNO. The Morgan fingerprint density at radius 2 is 1.84 bits per heavy atom. The number of aliphatic hydroxyl groups is 1. The fraction of sp³-hybridized carbons (Fsp3) is 0.250. The lowest BCUT2D eigenvalue weighted by Crippen LogP contribution is -2.18. The molecule has 0 amide bonds. The lowest BCUT2D eigenvalue weighted by molar-refractivity contribution is 0.281. The van der Waals surface area contributed by atoms with Gasteiger partial charge >= 0.3 is 0 Å². The van der Waals surface area contributed by atoms with Crippen LogP contribution in [0, 0.1) is 0 Å². The van der Waals surface area contributed by atoms with Gasteiger partial charge in [0.1, 0.15) is 0 Å². The van der Waals surface area contributed by atoms with Crippen LogP contribution in [0.2, 0.25) is 5.02 Å². The minimum Gasteiger partial charge on any atom is -0.392 e. The van der Waals surface area contributed by atoms with Gasteiger partial charge in [0, 0.05) is 17.6 Å². The van der Waals surface area contributed by atoms with Crippen LogP contribution >= 0.6 is 11.6 Å². The Morgan fingerprint density at radius 1 is 1.11 bits per heavy atom. The van der Waals surface area contributed by atoms with E-state index in [2.05, 4.69) is 24.4 Å². The summed E-state index contributed by atoms with van der Waals surface area (Å²) in [7, 11) is 0. The minimum absolute atomic E-state index is 0.0782. The summed E-state index contributed by atoms with van der Waals surface area (Å²) in [6.07, 6.45) is 0. The van der Waals surface area contributed by atoms with Gasteiger partial charge in [-0.1, -0.05) is 48.0 Å². The molecule has 1 atom stereocenters. The summed E-state index contributed by atoms with van der Waals surface area (Å²) in [4.78, 5) is 0. The monoisotopic (exact) mass is 275 g/mol. The van der Waals surface area contributed by atoms with Crippen molar-refractivity contribution in [1.29, 1.82) is 0 Å². The van der Waals surface area contributed by atoms with Crippen molar-refractivity contribution >= 4 is 11.6 Å². The van der Waals surface area contributed by atoms with E-state index in [0.717, 1.165) is 22.7 Å². The van der Waals surface area contributed by atoms with Crippen molar-refractivity contribution in [2.75, 3.05) is 0 Å². The number of halogens is 1. The Labute approximate surface area is 119 Å². The molecule has 2 aromatic rings. The lowest BCUT2D eigenvalue weighted by atomic mass is 10.1. The molecule has 0 radical (unpaired) electrons. The van der Waals surface area contributed by atoms with E-state index in [0.29, 0.717) is 0 Å². The SMILES string of the molecule is CC(NCc1cccc(Cl)c1)c1cccc(CO)c1. The first-order valence-corrected chi connectivity index (χ1v) is 6.74. The second-order valence-electron chi connectivity index (χ2n) is 4.64. The van der Waals surface area contributed by atoms with Crippen LogP contribution in [0.3, 0.4) is 0 Å². The van der Waals surface area contributed by atoms with Crippen LogP contribution in [0.15, 0.2) is 48.5 Å². The van der Waals surface area contributed by atoms with Gasteiger partial charge in [0.05, 0.1) is 6.61 Å². The number of rotatable bonds is 5. The highest BCUT2D eigenvalue weighted by Crippen LogP contribution is 2.16. The Hall–Kier alpha value is -1.35. The summed E-state index contributed by atoms with van der Waals surface area (Å²) in [5.74, 6) is 0. The average Bonchev–Trinajstić information content (AvgIpc) is 2.45. The van der Waals surface area contributed by atoms with E-state index in [4.69, 9.17) is 16.7 Å². The minimum atomic E-state index is 0.0782. The molecule has 1 unspecified atom stereocenters. The maximum Gasteiger partial charge on any atom is 0.0681 e. The second-order valence-corrected chi connectivity index (χ2v) is 5.07. The molecule has 0 aliphatic carbocycles. The van der Waals surface area contributed by atoms with E-state index >= 15 is 0 Å². The van der Waals surface area contributed by atoms with Gasteiger partial charge in [-0.2, -0.15) is 0 Å². The fourth-order valence-corrected chi connectivity index (χ4v) is 2.21. The Bertz CT molecular complexity index is 542. The molecule has 0 saturated carbocycles. The summed E-state index contributed by atoms with van der Waals surface area (Å²) >= 11 is 5.96. The molecule has 2 N–H and O–H groups in total. The lowest BCUT2D eigenvalue weighted by Gasteiger charge is -2.15. The molecule has 0 aliphatic rings. The molecule has 2 aromatic carbocycles.